The van der Waals surface area contributed by atoms with Crippen LogP contribution in [0.4, 0.5) is 8.78 Å². The van der Waals surface area contributed by atoms with Gasteiger partial charge in [0, 0.05) is 19.2 Å². The Hall–Kier alpha value is -1.00. The number of benzene rings is 1. The highest BCUT2D eigenvalue weighted by Gasteiger charge is 2.01. The van der Waals surface area contributed by atoms with E-state index in [4.69, 9.17) is 0 Å². The maximum Gasteiger partial charge on any atom is 0.126 e. The molecule has 4 heteroatoms. The molecule has 0 unspecified atom stereocenters. The second-order valence-corrected chi connectivity index (χ2v) is 4.30. The van der Waals surface area contributed by atoms with Crippen molar-refractivity contribution in [2.24, 2.45) is 0 Å². The summed E-state index contributed by atoms with van der Waals surface area (Å²) in [6.07, 6.45) is 0.646. The zero-order valence-electron chi connectivity index (χ0n) is 11.2. The summed E-state index contributed by atoms with van der Waals surface area (Å²) in [5, 5.41) is 3.29. The van der Waals surface area contributed by atoms with Gasteiger partial charge in [0.1, 0.15) is 11.6 Å². The van der Waals surface area contributed by atoms with Crippen LogP contribution in [-0.4, -0.2) is 37.6 Å². The molecule has 0 heterocycles. The number of rotatable bonds is 8. The number of nitrogens with zero attached hydrogens (tertiary/aromatic N) is 1. The van der Waals surface area contributed by atoms with Crippen LogP contribution < -0.4 is 5.32 Å². The van der Waals surface area contributed by atoms with Crippen LogP contribution in [0.3, 0.4) is 0 Å². The lowest BCUT2D eigenvalue weighted by Gasteiger charge is -2.17. The van der Waals surface area contributed by atoms with Crippen LogP contribution in [-0.2, 0) is 6.42 Å². The molecule has 0 aromatic heterocycles. The van der Waals surface area contributed by atoms with E-state index in [9.17, 15) is 8.78 Å². The Morgan fingerprint density at radius 2 is 1.61 bits per heavy atom. The molecule has 0 fully saturated rings. The van der Waals surface area contributed by atoms with E-state index in [-0.39, 0.29) is 0 Å². The first-order valence-corrected chi connectivity index (χ1v) is 6.53. The monoisotopic (exact) mass is 256 g/mol. The smallest absolute Gasteiger partial charge is 0.126 e. The summed E-state index contributed by atoms with van der Waals surface area (Å²) in [6.45, 7) is 9.02. The quantitative estimate of drug-likeness (QED) is 0.719. The van der Waals surface area contributed by atoms with Crippen LogP contribution in [0.1, 0.15) is 19.4 Å². The van der Waals surface area contributed by atoms with E-state index < -0.39 is 11.6 Å². The van der Waals surface area contributed by atoms with Crippen molar-refractivity contribution in [1.82, 2.24) is 10.2 Å². The molecule has 0 spiro atoms. The number of likely N-dealkylation sites (N-methyl/N-ethyl adjacent to an activating group) is 1. The van der Waals surface area contributed by atoms with Gasteiger partial charge in [-0.25, -0.2) is 8.78 Å². The Morgan fingerprint density at radius 1 is 1.00 bits per heavy atom. The zero-order valence-corrected chi connectivity index (χ0v) is 11.2. The molecule has 0 atom stereocenters. The topological polar surface area (TPSA) is 15.3 Å². The average molecular weight is 256 g/mol. The summed E-state index contributed by atoms with van der Waals surface area (Å²) in [5.74, 6) is -1.01. The average Bonchev–Trinajstić information content (AvgIpc) is 2.32. The molecule has 0 saturated heterocycles. The van der Waals surface area contributed by atoms with Gasteiger partial charge in [0.2, 0.25) is 0 Å². The summed E-state index contributed by atoms with van der Waals surface area (Å²) in [6, 6.07) is 3.67. The zero-order chi connectivity index (χ0) is 13.4. The van der Waals surface area contributed by atoms with E-state index in [1.165, 1.54) is 12.1 Å². The molecular formula is C14H22F2N2. The molecule has 18 heavy (non-hydrogen) atoms. The molecule has 1 N–H and O–H groups in total. The third-order valence-corrected chi connectivity index (χ3v) is 3.01. The van der Waals surface area contributed by atoms with Gasteiger partial charge in [-0.3, -0.25) is 0 Å². The van der Waals surface area contributed by atoms with Gasteiger partial charge >= 0.3 is 0 Å². The Balaban J connectivity index is 2.21. The second-order valence-electron chi connectivity index (χ2n) is 4.30. The molecule has 1 aromatic rings. The highest BCUT2D eigenvalue weighted by molar-refractivity contribution is 5.18. The van der Waals surface area contributed by atoms with Crippen LogP contribution in [0.5, 0.6) is 0 Å². The summed E-state index contributed by atoms with van der Waals surface area (Å²) in [7, 11) is 0. The van der Waals surface area contributed by atoms with Gasteiger partial charge in [-0.1, -0.05) is 13.8 Å². The summed E-state index contributed by atoms with van der Waals surface area (Å²) in [5.41, 5.74) is 0.697. The molecular weight excluding hydrogens is 234 g/mol. The van der Waals surface area contributed by atoms with E-state index in [1.807, 2.05) is 0 Å². The minimum absolute atomic E-state index is 0.506. The predicted octanol–water partition coefficient (Wildman–Crippen LogP) is 2.44. The van der Waals surface area contributed by atoms with Gasteiger partial charge in [0.15, 0.2) is 0 Å². The van der Waals surface area contributed by atoms with Gasteiger partial charge in [-0.2, -0.15) is 0 Å². The van der Waals surface area contributed by atoms with Crippen LogP contribution in [0, 0.1) is 11.6 Å². The number of nitrogens with one attached hydrogen (secondary N) is 1. The molecule has 0 amide bonds. The molecule has 102 valence electrons. The molecule has 0 aliphatic heterocycles. The predicted molar refractivity (Wildman–Crippen MR) is 70.7 cm³/mol. The summed E-state index contributed by atoms with van der Waals surface area (Å²) in [4.78, 5) is 2.33. The van der Waals surface area contributed by atoms with Crippen LogP contribution >= 0.6 is 0 Å². The van der Waals surface area contributed by atoms with Crippen molar-refractivity contribution in [2.75, 3.05) is 32.7 Å². The Bertz CT molecular complexity index is 331. The molecule has 1 aromatic carbocycles. The Morgan fingerprint density at radius 3 is 2.17 bits per heavy atom. The van der Waals surface area contributed by atoms with Crippen molar-refractivity contribution in [3.05, 3.63) is 35.4 Å². The molecule has 0 saturated carbocycles. The highest BCUT2D eigenvalue weighted by Crippen LogP contribution is 2.07. The SMILES string of the molecule is CCN(CC)CCNCCc1cc(F)cc(F)c1. The maximum absolute atomic E-state index is 12.9. The van der Waals surface area contributed by atoms with Crippen LogP contribution in [0.2, 0.25) is 0 Å². The fourth-order valence-corrected chi connectivity index (χ4v) is 1.89. The molecule has 0 bridgehead atoms. The van der Waals surface area contributed by atoms with E-state index in [0.29, 0.717) is 12.0 Å². The van der Waals surface area contributed by atoms with Crippen molar-refractivity contribution in [3.63, 3.8) is 0 Å². The van der Waals surface area contributed by atoms with Gasteiger partial charge in [-0.05, 0) is 43.8 Å². The number of halogens is 2. The van der Waals surface area contributed by atoms with Crippen molar-refractivity contribution >= 4 is 0 Å². The second kappa shape index (κ2) is 8.16. The van der Waals surface area contributed by atoms with Crippen LogP contribution in [0.15, 0.2) is 18.2 Å². The lowest BCUT2D eigenvalue weighted by molar-refractivity contribution is 0.303. The normalized spacial score (nSPS) is 11.2. The van der Waals surface area contributed by atoms with Crippen LogP contribution in [0.25, 0.3) is 0 Å². The molecule has 1 rings (SSSR count). The van der Waals surface area contributed by atoms with Crippen molar-refractivity contribution in [2.45, 2.75) is 20.3 Å². The van der Waals surface area contributed by atoms with Crippen molar-refractivity contribution in [1.29, 1.82) is 0 Å². The maximum atomic E-state index is 12.9. The first-order chi connectivity index (χ1) is 8.65. The van der Waals surface area contributed by atoms with E-state index in [1.54, 1.807) is 0 Å². The van der Waals surface area contributed by atoms with Crippen molar-refractivity contribution in [3.8, 4) is 0 Å². The highest BCUT2D eigenvalue weighted by atomic mass is 19.1. The van der Waals surface area contributed by atoms with Gasteiger partial charge in [0.25, 0.3) is 0 Å². The van der Waals surface area contributed by atoms with Crippen molar-refractivity contribution < 1.29 is 8.78 Å². The first kappa shape index (κ1) is 15.1. The summed E-state index contributed by atoms with van der Waals surface area (Å²) >= 11 is 0. The largest absolute Gasteiger partial charge is 0.315 e. The fourth-order valence-electron chi connectivity index (χ4n) is 1.89. The first-order valence-electron chi connectivity index (χ1n) is 6.53. The van der Waals surface area contributed by atoms with Gasteiger partial charge in [0.05, 0.1) is 0 Å². The van der Waals surface area contributed by atoms with E-state index in [0.717, 1.165) is 38.8 Å². The fraction of sp³-hybridized carbons (Fsp3) is 0.571. The third-order valence-electron chi connectivity index (χ3n) is 3.01. The molecule has 0 aliphatic carbocycles. The summed E-state index contributed by atoms with van der Waals surface area (Å²) < 4.78 is 25.9. The molecule has 0 aliphatic rings. The van der Waals surface area contributed by atoms with Gasteiger partial charge < -0.3 is 10.2 Å². The van der Waals surface area contributed by atoms with Gasteiger partial charge in [-0.15, -0.1) is 0 Å². The number of hydrogen-bond donors (Lipinski definition) is 1. The third kappa shape index (κ3) is 5.56. The minimum Gasteiger partial charge on any atom is -0.315 e. The number of hydrogen-bond acceptors (Lipinski definition) is 2. The Labute approximate surface area is 108 Å². The lowest BCUT2D eigenvalue weighted by Crippen LogP contribution is -2.32. The van der Waals surface area contributed by atoms with E-state index in [2.05, 4.69) is 24.1 Å². The Kier molecular flexibility index (Phi) is 6.83. The molecule has 2 nitrogen and oxygen atoms in total. The minimum atomic E-state index is -0.506. The standard InChI is InChI=1S/C14H22F2N2/c1-3-18(4-2)8-7-17-6-5-12-9-13(15)11-14(16)10-12/h9-11,17H,3-8H2,1-2H3. The van der Waals surface area contributed by atoms with E-state index >= 15 is 0 Å². The molecule has 0 radical (unpaired) electrons. The lowest BCUT2D eigenvalue weighted by atomic mass is 10.1.